The van der Waals surface area contributed by atoms with Gasteiger partial charge >= 0.3 is 5.97 Å². The number of benzene rings is 1. The number of aliphatic hydroxyl groups is 1. The van der Waals surface area contributed by atoms with Gasteiger partial charge in [-0.3, -0.25) is 0 Å². The Balaban J connectivity index is 3.42. The molecule has 0 aliphatic heterocycles. The number of esters is 1. The van der Waals surface area contributed by atoms with Crippen LogP contribution < -0.4 is 4.74 Å². The van der Waals surface area contributed by atoms with E-state index in [2.05, 4.69) is 0 Å². The van der Waals surface area contributed by atoms with Crippen LogP contribution in [0.3, 0.4) is 0 Å². The zero-order chi connectivity index (χ0) is 15.3. The molecule has 0 spiro atoms. The van der Waals surface area contributed by atoms with Gasteiger partial charge in [-0.1, -0.05) is 0 Å². The molecule has 0 unspecified atom stereocenters. The number of rotatable bonds is 5. The third-order valence-corrected chi connectivity index (χ3v) is 2.71. The second kappa shape index (κ2) is 6.70. The number of ether oxygens (including phenoxy) is 2. The Morgan fingerprint density at radius 2 is 2.15 bits per heavy atom. The van der Waals surface area contributed by atoms with Crippen LogP contribution in [0, 0.1) is 18.2 Å². The molecule has 5 nitrogen and oxygen atoms in total. The van der Waals surface area contributed by atoms with E-state index in [1.54, 1.807) is 13.8 Å². The number of carbonyl (C=O) groups is 1. The highest BCUT2D eigenvalue weighted by atomic mass is 19.1. The highest BCUT2D eigenvalue weighted by Crippen LogP contribution is 2.29. The number of nitrogens with one attached hydrogen (secondary N) is 1. The number of halogens is 1. The van der Waals surface area contributed by atoms with Crippen LogP contribution in [0.4, 0.5) is 4.39 Å². The van der Waals surface area contributed by atoms with Gasteiger partial charge in [0.2, 0.25) is 0 Å². The van der Waals surface area contributed by atoms with Crippen LogP contribution in [0.1, 0.15) is 18.1 Å². The largest absolute Gasteiger partial charge is 0.506 e. The lowest BCUT2D eigenvalue weighted by molar-refractivity contribution is -0.137. The summed E-state index contributed by atoms with van der Waals surface area (Å²) in [6.07, 6.45) is 0.697. The van der Waals surface area contributed by atoms with E-state index < -0.39 is 17.5 Å². The quantitative estimate of drug-likeness (QED) is 0.376. The zero-order valence-electron chi connectivity index (χ0n) is 11.5. The molecule has 0 atom stereocenters. The van der Waals surface area contributed by atoms with Crippen molar-refractivity contribution in [3.8, 4) is 5.75 Å². The highest BCUT2D eigenvalue weighted by Gasteiger charge is 2.19. The van der Waals surface area contributed by atoms with Gasteiger partial charge in [-0.25, -0.2) is 9.18 Å². The van der Waals surface area contributed by atoms with Crippen molar-refractivity contribution in [2.75, 3.05) is 13.7 Å². The summed E-state index contributed by atoms with van der Waals surface area (Å²) in [5.74, 6) is -1.87. The molecule has 1 rings (SSSR count). The minimum atomic E-state index is -0.817. The SMILES string of the molecule is CCOC(=O)C(C=N)=C(O)c1ccc(F)c(OC)c1C. The van der Waals surface area contributed by atoms with Crippen molar-refractivity contribution < 1.29 is 23.8 Å². The molecule has 0 amide bonds. The molecule has 6 heteroatoms. The molecule has 0 fully saturated rings. The summed E-state index contributed by atoms with van der Waals surface area (Å²) < 4.78 is 23.1. The summed E-state index contributed by atoms with van der Waals surface area (Å²) in [5, 5.41) is 17.3. The van der Waals surface area contributed by atoms with Crippen LogP contribution in [-0.4, -0.2) is 31.0 Å². The van der Waals surface area contributed by atoms with Crippen LogP contribution in [0.15, 0.2) is 17.7 Å². The summed E-state index contributed by atoms with van der Waals surface area (Å²) in [6, 6.07) is 2.43. The lowest BCUT2D eigenvalue weighted by atomic mass is 10.0. The molecule has 0 bridgehead atoms. The summed E-state index contributed by atoms with van der Waals surface area (Å²) in [7, 11) is 1.30. The van der Waals surface area contributed by atoms with E-state index in [0.29, 0.717) is 11.8 Å². The Morgan fingerprint density at radius 1 is 1.50 bits per heavy atom. The van der Waals surface area contributed by atoms with Crippen LogP contribution in [0.25, 0.3) is 5.76 Å². The maximum Gasteiger partial charge on any atom is 0.343 e. The molecule has 0 saturated carbocycles. The molecule has 0 radical (unpaired) electrons. The van der Waals surface area contributed by atoms with Gasteiger partial charge in [-0.05, 0) is 26.0 Å². The van der Waals surface area contributed by atoms with Gasteiger partial charge in [-0.2, -0.15) is 0 Å². The molecule has 108 valence electrons. The average Bonchev–Trinajstić information content (AvgIpc) is 2.40. The topological polar surface area (TPSA) is 79.6 Å². The lowest BCUT2D eigenvalue weighted by Gasteiger charge is -2.12. The molecule has 0 aliphatic rings. The van der Waals surface area contributed by atoms with Crippen molar-refractivity contribution in [3.05, 3.63) is 34.6 Å². The molecule has 1 aromatic rings. The average molecular weight is 281 g/mol. The van der Waals surface area contributed by atoms with E-state index in [1.165, 1.54) is 13.2 Å². The van der Waals surface area contributed by atoms with Gasteiger partial charge in [0.15, 0.2) is 11.6 Å². The van der Waals surface area contributed by atoms with Gasteiger partial charge in [-0.15, -0.1) is 0 Å². The number of carbonyl (C=O) groups excluding carboxylic acids is 1. The predicted octanol–water partition coefficient (Wildman–Crippen LogP) is 2.62. The van der Waals surface area contributed by atoms with Gasteiger partial charge in [0.25, 0.3) is 0 Å². The van der Waals surface area contributed by atoms with E-state index in [9.17, 15) is 14.3 Å². The molecule has 0 aromatic heterocycles. The monoisotopic (exact) mass is 281 g/mol. The van der Waals surface area contributed by atoms with Crippen molar-refractivity contribution in [2.24, 2.45) is 0 Å². The summed E-state index contributed by atoms with van der Waals surface area (Å²) in [6.45, 7) is 3.28. The van der Waals surface area contributed by atoms with Gasteiger partial charge < -0.3 is 20.0 Å². The lowest BCUT2D eigenvalue weighted by Crippen LogP contribution is -2.11. The molecular formula is C14H16FNO4. The van der Waals surface area contributed by atoms with E-state index >= 15 is 0 Å². The number of hydrogen-bond acceptors (Lipinski definition) is 5. The van der Waals surface area contributed by atoms with E-state index in [-0.39, 0.29) is 23.5 Å². The summed E-state index contributed by atoms with van der Waals surface area (Å²) >= 11 is 0. The first-order chi connectivity index (χ1) is 9.47. The van der Waals surface area contributed by atoms with Crippen LogP contribution in [0.5, 0.6) is 5.75 Å². The van der Waals surface area contributed by atoms with E-state index in [0.717, 1.165) is 6.07 Å². The van der Waals surface area contributed by atoms with Gasteiger partial charge in [0.1, 0.15) is 11.3 Å². The minimum absolute atomic E-state index is 0.0257. The Bertz CT molecular complexity index is 567. The first kappa shape index (κ1) is 15.7. The fourth-order valence-corrected chi connectivity index (χ4v) is 1.74. The van der Waals surface area contributed by atoms with E-state index in [1.807, 2.05) is 0 Å². The van der Waals surface area contributed by atoms with Crippen molar-refractivity contribution in [1.82, 2.24) is 0 Å². The van der Waals surface area contributed by atoms with Crippen molar-refractivity contribution in [1.29, 1.82) is 5.41 Å². The van der Waals surface area contributed by atoms with Gasteiger partial charge in [0.05, 0.1) is 13.7 Å². The molecular weight excluding hydrogens is 265 g/mol. The number of aliphatic hydroxyl groups excluding tert-OH is 1. The molecule has 2 N–H and O–H groups in total. The first-order valence-electron chi connectivity index (χ1n) is 5.92. The smallest absolute Gasteiger partial charge is 0.343 e. The Morgan fingerprint density at radius 3 is 2.65 bits per heavy atom. The first-order valence-corrected chi connectivity index (χ1v) is 5.92. The molecule has 0 aliphatic carbocycles. The Kier molecular flexibility index (Phi) is 5.25. The second-order valence-electron chi connectivity index (χ2n) is 3.88. The Labute approximate surface area is 116 Å². The normalized spacial score (nSPS) is 11.6. The fraction of sp³-hybridized carbons (Fsp3) is 0.286. The number of methoxy groups -OCH3 is 1. The molecule has 1 aromatic carbocycles. The molecule has 0 heterocycles. The molecule has 20 heavy (non-hydrogen) atoms. The highest BCUT2D eigenvalue weighted by molar-refractivity contribution is 6.14. The maximum atomic E-state index is 13.5. The minimum Gasteiger partial charge on any atom is -0.506 e. The zero-order valence-corrected chi connectivity index (χ0v) is 11.5. The maximum absolute atomic E-state index is 13.5. The van der Waals surface area contributed by atoms with Crippen LogP contribution in [0.2, 0.25) is 0 Å². The third kappa shape index (κ3) is 2.96. The molecule has 0 saturated heterocycles. The summed E-state index contributed by atoms with van der Waals surface area (Å²) in [4.78, 5) is 11.6. The number of hydrogen-bond donors (Lipinski definition) is 2. The second-order valence-corrected chi connectivity index (χ2v) is 3.88. The van der Waals surface area contributed by atoms with Crippen LogP contribution >= 0.6 is 0 Å². The third-order valence-electron chi connectivity index (χ3n) is 2.71. The van der Waals surface area contributed by atoms with E-state index in [4.69, 9.17) is 14.9 Å². The van der Waals surface area contributed by atoms with Crippen molar-refractivity contribution in [3.63, 3.8) is 0 Å². The van der Waals surface area contributed by atoms with Crippen molar-refractivity contribution >= 4 is 17.9 Å². The van der Waals surface area contributed by atoms with Crippen LogP contribution in [-0.2, 0) is 9.53 Å². The fourth-order valence-electron chi connectivity index (χ4n) is 1.74. The summed E-state index contributed by atoms with van der Waals surface area (Å²) in [5.41, 5.74) is 0.229. The Hall–Kier alpha value is -2.37. The predicted molar refractivity (Wildman–Crippen MR) is 72.7 cm³/mol. The van der Waals surface area contributed by atoms with Crippen molar-refractivity contribution in [2.45, 2.75) is 13.8 Å². The standard InChI is InChI=1S/C14H16FNO4/c1-4-20-14(18)10(7-16)12(17)9-5-6-11(15)13(19-3)8(9)2/h5-7,16-17H,4H2,1-3H3. The van der Waals surface area contributed by atoms with Gasteiger partial charge in [0, 0.05) is 17.3 Å².